The van der Waals surface area contributed by atoms with E-state index >= 15 is 0 Å². The van der Waals surface area contributed by atoms with Crippen LogP contribution in [-0.4, -0.2) is 16.1 Å². The minimum atomic E-state index is -0.418. The van der Waals surface area contributed by atoms with E-state index in [1.54, 1.807) is 18.2 Å². The third-order valence-corrected chi connectivity index (χ3v) is 4.61. The molecule has 1 aromatic heterocycles. The highest BCUT2D eigenvalue weighted by molar-refractivity contribution is 6.01. The Labute approximate surface area is 153 Å². The molecule has 2 rings (SSSR count). The Kier molecular flexibility index (Phi) is 8.12. The topological polar surface area (TPSA) is 94.8 Å². The highest BCUT2D eigenvalue weighted by Crippen LogP contribution is 2.17. The van der Waals surface area contributed by atoms with Crippen molar-refractivity contribution in [2.45, 2.75) is 71.1 Å². The molecule has 2 aromatic rings. The number of aromatic nitrogens is 2. The molecule has 0 saturated heterocycles. The van der Waals surface area contributed by atoms with Gasteiger partial charge in [0.1, 0.15) is 0 Å². The summed E-state index contributed by atoms with van der Waals surface area (Å²) in [6, 6.07) is 4.87. The normalized spacial score (nSPS) is 11.0. The molecule has 142 valence electrons. The zero-order valence-corrected chi connectivity index (χ0v) is 15.5. The maximum absolute atomic E-state index is 12.2. The first-order chi connectivity index (χ1) is 12.6. The van der Waals surface area contributed by atoms with Crippen molar-refractivity contribution in [3.05, 3.63) is 38.9 Å². The number of fused-ring (bicyclic) bond motifs is 1. The molecule has 0 saturated carbocycles. The molecule has 1 amide bonds. The molecule has 6 heteroatoms. The van der Waals surface area contributed by atoms with Crippen molar-refractivity contribution < 1.29 is 4.79 Å². The number of carbonyl (C=O) groups excluding carboxylic acids is 1. The molecule has 0 unspecified atom stereocenters. The van der Waals surface area contributed by atoms with Crippen LogP contribution in [0.1, 0.15) is 71.1 Å². The van der Waals surface area contributed by atoms with E-state index in [9.17, 15) is 14.4 Å². The van der Waals surface area contributed by atoms with E-state index < -0.39 is 5.56 Å². The first kappa shape index (κ1) is 19.9. The van der Waals surface area contributed by atoms with Crippen molar-refractivity contribution in [3.8, 4) is 0 Å². The van der Waals surface area contributed by atoms with Gasteiger partial charge in [-0.2, -0.15) is 0 Å². The summed E-state index contributed by atoms with van der Waals surface area (Å²) < 4.78 is 0. The standard InChI is InChI=1S/C20H29N3O3/c1-2-3-4-5-6-7-8-9-10-14-17(24)21-16-13-11-12-15-18(16)20(26)23-22-19(15)25/h11-13H,2-10,14H2,1H3,(H,21,24)(H,22,25)(H,23,26). The van der Waals surface area contributed by atoms with Crippen LogP contribution in [0.15, 0.2) is 27.8 Å². The molecule has 0 fully saturated rings. The van der Waals surface area contributed by atoms with E-state index in [2.05, 4.69) is 22.4 Å². The van der Waals surface area contributed by atoms with Gasteiger partial charge in [-0.1, -0.05) is 64.4 Å². The van der Waals surface area contributed by atoms with Crippen LogP contribution < -0.4 is 16.4 Å². The molecular formula is C20H29N3O3. The molecule has 0 atom stereocenters. The molecule has 1 aromatic carbocycles. The van der Waals surface area contributed by atoms with Crippen LogP contribution in [0, 0.1) is 0 Å². The van der Waals surface area contributed by atoms with E-state index in [-0.39, 0.29) is 22.2 Å². The summed E-state index contributed by atoms with van der Waals surface area (Å²) in [5.41, 5.74) is -0.413. The van der Waals surface area contributed by atoms with E-state index in [1.807, 2.05) is 0 Å². The van der Waals surface area contributed by atoms with Gasteiger partial charge in [0, 0.05) is 6.42 Å². The SMILES string of the molecule is CCCCCCCCCCCC(=O)Nc1cccc2c(=O)[nH][nH]c(=O)c12. The van der Waals surface area contributed by atoms with Crippen LogP contribution in [0.25, 0.3) is 10.8 Å². The molecule has 0 aliphatic heterocycles. The molecule has 26 heavy (non-hydrogen) atoms. The zero-order chi connectivity index (χ0) is 18.8. The van der Waals surface area contributed by atoms with Gasteiger partial charge >= 0.3 is 0 Å². The Hall–Kier alpha value is -2.37. The fraction of sp³-hybridized carbons (Fsp3) is 0.550. The number of rotatable bonds is 11. The predicted molar refractivity (Wildman–Crippen MR) is 106 cm³/mol. The van der Waals surface area contributed by atoms with Crippen LogP contribution >= 0.6 is 0 Å². The second-order valence-electron chi connectivity index (χ2n) is 6.76. The molecule has 0 aliphatic rings. The number of aromatic amines is 2. The van der Waals surface area contributed by atoms with Crippen molar-refractivity contribution in [2.75, 3.05) is 5.32 Å². The fourth-order valence-corrected chi connectivity index (χ4v) is 3.14. The lowest BCUT2D eigenvalue weighted by Gasteiger charge is -2.08. The number of hydrogen-bond acceptors (Lipinski definition) is 3. The molecular weight excluding hydrogens is 330 g/mol. The molecule has 0 aliphatic carbocycles. The molecule has 6 nitrogen and oxygen atoms in total. The summed E-state index contributed by atoms with van der Waals surface area (Å²) in [5, 5.41) is 7.84. The van der Waals surface area contributed by atoms with E-state index in [0.717, 1.165) is 19.3 Å². The van der Waals surface area contributed by atoms with Crippen molar-refractivity contribution in [1.29, 1.82) is 0 Å². The number of benzene rings is 1. The van der Waals surface area contributed by atoms with E-state index in [0.29, 0.717) is 12.1 Å². The van der Waals surface area contributed by atoms with Crippen LogP contribution in [0.4, 0.5) is 5.69 Å². The number of anilines is 1. The monoisotopic (exact) mass is 359 g/mol. The van der Waals surface area contributed by atoms with Crippen LogP contribution in [0.5, 0.6) is 0 Å². The highest BCUT2D eigenvalue weighted by atomic mass is 16.2. The predicted octanol–water partition coefficient (Wildman–Crippen LogP) is 4.08. The summed E-state index contributed by atoms with van der Waals surface area (Å²) in [6.07, 6.45) is 11.2. The maximum atomic E-state index is 12.2. The molecule has 0 radical (unpaired) electrons. The minimum absolute atomic E-state index is 0.125. The number of unbranched alkanes of at least 4 members (excludes halogenated alkanes) is 8. The van der Waals surface area contributed by atoms with E-state index in [4.69, 9.17) is 0 Å². The van der Waals surface area contributed by atoms with Gasteiger partial charge in [-0.25, -0.2) is 0 Å². The van der Waals surface area contributed by atoms with Crippen molar-refractivity contribution in [3.63, 3.8) is 0 Å². The Morgan fingerprint density at radius 1 is 0.885 bits per heavy atom. The average Bonchev–Trinajstić information content (AvgIpc) is 2.63. The second kappa shape index (κ2) is 10.6. The van der Waals surface area contributed by atoms with E-state index in [1.165, 1.54) is 38.5 Å². The smallest absolute Gasteiger partial charge is 0.272 e. The molecule has 0 bridgehead atoms. The Bertz CT molecular complexity index is 823. The fourth-order valence-electron chi connectivity index (χ4n) is 3.14. The van der Waals surface area contributed by atoms with Gasteiger partial charge in [-0.3, -0.25) is 24.6 Å². The highest BCUT2D eigenvalue weighted by Gasteiger charge is 2.10. The van der Waals surface area contributed by atoms with Crippen molar-refractivity contribution >= 4 is 22.4 Å². The van der Waals surface area contributed by atoms with Crippen LogP contribution in [0.3, 0.4) is 0 Å². The Morgan fingerprint density at radius 3 is 2.19 bits per heavy atom. The lowest BCUT2D eigenvalue weighted by atomic mass is 10.1. The largest absolute Gasteiger partial charge is 0.325 e. The molecule has 1 heterocycles. The van der Waals surface area contributed by atoms with Gasteiger partial charge in [0.15, 0.2) is 0 Å². The summed E-state index contributed by atoms with van der Waals surface area (Å²) in [7, 11) is 0. The number of H-pyrrole nitrogens is 2. The Balaban J connectivity index is 1.77. The molecule has 0 spiro atoms. The van der Waals surface area contributed by atoms with Crippen LogP contribution in [-0.2, 0) is 4.79 Å². The first-order valence-electron chi connectivity index (χ1n) is 9.67. The lowest BCUT2D eigenvalue weighted by Crippen LogP contribution is -2.21. The van der Waals surface area contributed by atoms with Gasteiger partial charge in [0.05, 0.1) is 16.5 Å². The van der Waals surface area contributed by atoms with Gasteiger partial charge in [0.25, 0.3) is 11.1 Å². The number of carbonyl (C=O) groups is 1. The summed E-state index contributed by atoms with van der Waals surface area (Å²) in [5.74, 6) is -0.125. The van der Waals surface area contributed by atoms with Gasteiger partial charge in [0.2, 0.25) is 5.91 Å². The number of hydrogen-bond donors (Lipinski definition) is 3. The van der Waals surface area contributed by atoms with Crippen molar-refractivity contribution in [2.24, 2.45) is 0 Å². The average molecular weight is 359 g/mol. The van der Waals surface area contributed by atoms with Gasteiger partial charge < -0.3 is 5.32 Å². The summed E-state index contributed by atoms with van der Waals surface area (Å²) >= 11 is 0. The first-order valence-corrected chi connectivity index (χ1v) is 9.67. The Morgan fingerprint density at radius 2 is 1.50 bits per heavy atom. The lowest BCUT2D eigenvalue weighted by molar-refractivity contribution is -0.116. The van der Waals surface area contributed by atoms with Crippen LogP contribution in [0.2, 0.25) is 0 Å². The zero-order valence-electron chi connectivity index (χ0n) is 15.5. The van der Waals surface area contributed by atoms with Crippen molar-refractivity contribution in [1.82, 2.24) is 10.2 Å². The number of amides is 1. The third-order valence-electron chi connectivity index (χ3n) is 4.61. The minimum Gasteiger partial charge on any atom is -0.325 e. The second-order valence-corrected chi connectivity index (χ2v) is 6.76. The van der Waals surface area contributed by atoms with Gasteiger partial charge in [-0.15, -0.1) is 0 Å². The molecule has 3 N–H and O–H groups in total. The maximum Gasteiger partial charge on any atom is 0.272 e. The number of nitrogens with one attached hydrogen (secondary N) is 3. The summed E-state index contributed by atoms with van der Waals surface area (Å²) in [6.45, 7) is 2.22. The summed E-state index contributed by atoms with van der Waals surface area (Å²) in [4.78, 5) is 35.9. The quantitative estimate of drug-likeness (QED) is 0.528. The third kappa shape index (κ3) is 5.86. The van der Waals surface area contributed by atoms with Gasteiger partial charge in [-0.05, 0) is 18.6 Å².